The molecule has 1 aromatic carbocycles. The number of hydrogen-bond donors (Lipinski definition) is 2. The first-order valence-electron chi connectivity index (χ1n) is 6.02. The third kappa shape index (κ3) is 2.30. The number of benzene rings is 1. The second-order valence-corrected chi connectivity index (χ2v) is 5.30. The van der Waals surface area contributed by atoms with E-state index in [-0.39, 0.29) is 0 Å². The van der Waals surface area contributed by atoms with E-state index in [1.54, 1.807) is 11.3 Å². The molecule has 0 fully saturated rings. The first kappa shape index (κ1) is 11.4. The summed E-state index contributed by atoms with van der Waals surface area (Å²) < 4.78 is 0. The van der Waals surface area contributed by atoms with Gasteiger partial charge in [-0.3, -0.25) is 0 Å². The van der Waals surface area contributed by atoms with Crippen molar-refractivity contribution in [2.45, 2.75) is 19.5 Å². The Labute approximate surface area is 110 Å². The first-order valence-corrected chi connectivity index (χ1v) is 6.90. The van der Waals surface area contributed by atoms with Gasteiger partial charge >= 0.3 is 0 Å². The summed E-state index contributed by atoms with van der Waals surface area (Å²) in [5.74, 6) is 0. The summed E-state index contributed by atoms with van der Waals surface area (Å²) in [5, 5.41) is 7.91. The minimum atomic E-state index is 0.298. The monoisotopic (exact) mass is 257 g/mol. The highest BCUT2D eigenvalue weighted by Gasteiger charge is 2.07. The molecule has 0 spiro atoms. The Balaban J connectivity index is 1.69. The fourth-order valence-electron chi connectivity index (χ4n) is 2.02. The predicted molar refractivity (Wildman–Crippen MR) is 75.7 cm³/mol. The van der Waals surface area contributed by atoms with E-state index in [0.29, 0.717) is 6.04 Å². The number of nitrogens with one attached hydrogen (secondary N) is 2. The summed E-state index contributed by atoms with van der Waals surface area (Å²) in [7, 11) is 0. The van der Waals surface area contributed by atoms with Crippen LogP contribution in [0.15, 0.2) is 42.0 Å². The third-order valence-corrected chi connectivity index (χ3v) is 4.01. The molecule has 0 bridgehead atoms. The van der Waals surface area contributed by atoms with Crippen LogP contribution in [0.1, 0.15) is 23.5 Å². The smallest absolute Gasteiger partial charge is 0.109 e. The quantitative estimate of drug-likeness (QED) is 0.751. The Morgan fingerprint density at radius 2 is 2.33 bits per heavy atom. The number of aromatic nitrogens is 2. The van der Waals surface area contributed by atoms with Crippen LogP contribution in [0.25, 0.3) is 10.9 Å². The van der Waals surface area contributed by atoms with Crippen molar-refractivity contribution in [2.24, 2.45) is 0 Å². The van der Waals surface area contributed by atoms with Gasteiger partial charge in [-0.05, 0) is 36.1 Å². The van der Waals surface area contributed by atoms with E-state index in [1.165, 1.54) is 16.5 Å². The van der Waals surface area contributed by atoms with Crippen LogP contribution in [-0.2, 0) is 6.54 Å². The van der Waals surface area contributed by atoms with Crippen LogP contribution in [0.2, 0.25) is 0 Å². The van der Waals surface area contributed by atoms with Crippen LogP contribution in [0, 0.1) is 0 Å². The van der Waals surface area contributed by atoms with Crippen LogP contribution in [0.4, 0.5) is 0 Å². The van der Waals surface area contributed by atoms with Gasteiger partial charge in [-0.25, -0.2) is 4.98 Å². The minimum absolute atomic E-state index is 0.298. The van der Waals surface area contributed by atoms with E-state index in [2.05, 4.69) is 46.5 Å². The van der Waals surface area contributed by atoms with Gasteiger partial charge in [-0.2, -0.15) is 0 Å². The number of hydrogen-bond acceptors (Lipinski definition) is 3. The van der Waals surface area contributed by atoms with Crippen molar-refractivity contribution in [3.8, 4) is 0 Å². The number of H-pyrrole nitrogens is 1. The van der Waals surface area contributed by atoms with Crippen LogP contribution in [-0.4, -0.2) is 9.97 Å². The molecule has 3 rings (SSSR count). The molecule has 4 heteroatoms. The zero-order valence-electron chi connectivity index (χ0n) is 10.2. The molecule has 0 saturated heterocycles. The zero-order chi connectivity index (χ0) is 12.4. The first-order chi connectivity index (χ1) is 8.83. The number of thiazole rings is 1. The second-order valence-electron chi connectivity index (χ2n) is 4.37. The van der Waals surface area contributed by atoms with E-state index < -0.39 is 0 Å². The van der Waals surface area contributed by atoms with E-state index in [9.17, 15) is 0 Å². The van der Waals surface area contributed by atoms with Crippen molar-refractivity contribution < 1.29 is 0 Å². The molecule has 0 aliphatic rings. The summed E-state index contributed by atoms with van der Waals surface area (Å²) in [6, 6.07) is 8.89. The molecule has 0 aliphatic carbocycles. The molecule has 3 aromatic rings. The van der Waals surface area contributed by atoms with E-state index >= 15 is 0 Å². The van der Waals surface area contributed by atoms with Crippen LogP contribution in [0.3, 0.4) is 0 Å². The van der Waals surface area contributed by atoms with Crippen LogP contribution in [0.5, 0.6) is 0 Å². The molecule has 2 heterocycles. The van der Waals surface area contributed by atoms with Gasteiger partial charge in [0.25, 0.3) is 0 Å². The SMILES string of the molecule is CC(NCc1ccc2[nH]ccc2c1)c1nccs1. The highest BCUT2D eigenvalue weighted by molar-refractivity contribution is 7.09. The van der Waals surface area contributed by atoms with Gasteiger partial charge in [0.1, 0.15) is 5.01 Å². The normalized spacial score (nSPS) is 12.9. The Morgan fingerprint density at radius 1 is 1.39 bits per heavy atom. The fourth-order valence-corrected chi connectivity index (χ4v) is 2.69. The largest absolute Gasteiger partial charge is 0.361 e. The molecular weight excluding hydrogens is 242 g/mol. The van der Waals surface area contributed by atoms with Crippen LogP contribution < -0.4 is 5.32 Å². The lowest BCUT2D eigenvalue weighted by Crippen LogP contribution is -2.17. The predicted octanol–water partition coefficient (Wildman–Crippen LogP) is 3.48. The molecule has 18 heavy (non-hydrogen) atoms. The molecular formula is C14H15N3S. The number of rotatable bonds is 4. The molecule has 2 N–H and O–H groups in total. The molecule has 0 amide bonds. The third-order valence-electron chi connectivity index (χ3n) is 3.05. The standard InChI is InChI=1S/C14H15N3S/c1-10(14-16-6-7-18-14)17-9-11-2-3-13-12(8-11)4-5-15-13/h2-8,10,15,17H,9H2,1H3. The highest BCUT2D eigenvalue weighted by Crippen LogP contribution is 2.17. The van der Waals surface area contributed by atoms with Gasteiger partial charge < -0.3 is 10.3 Å². The molecule has 0 aliphatic heterocycles. The van der Waals surface area contributed by atoms with Gasteiger partial charge in [0.2, 0.25) is 0 Å². The Hall–Kier alpha value is -1.65. The lowest BCUT2D eigenvalue weighted by Gasteiger charge is -2.11. The summed E-state index contributed by atoms with van der Waals surface area (Å²) in [6.45, 7) is 3.01. The number of aromatic amines is 1. The zero-order valence-corrected chi connectivity index (χ0v) is 11.0. The lowest BCUT2D eigenvalue weighted by molar-refractivity contribution is 0.572. The number of nitrogens with zero attached hydrogens (tertiary/aromatic N) is 1. The van der Waals surface area contributed by atoms with Gasteiger partial charge in [0.15, 0.2) is 0 Å². The maximum Gasteiger partial charge on any atom is 0.109 e. The second kappa shape index (κ2) is 4.92. The Morgan fingerprint density at radius 3 is 3.17 bits per heavy atom. The Kier molecular flexibility index (Phi) is 3.13. The minimum Gasteiger partial charge on any atom is -0.361 e. The molecule has 0 saturated carbocycles. The summed E-state index contributed by atoms with van der Waals surface area (Å²) in [5.41, 5.74) is 2.48. The maximum atomic E-state index is 4.32. The average Bonchev–Trinajstić information content (AvgIpc) is 3.05. The van der Waals surface area contributed by atoms with Gasteiger partial charge in [0.05, 0.1) is 6.04 Å². The van der Waals surface area contributed by atoms with E-state index in [4.69, 9.17) is 0 Å². The van der Waals surface area contributed by atoms with Crippen molar-refractivity contribution in [2.75, 3.05) is 0 Å². The summed E-state index contributed by atoms with van der Waals surface area (Å²) in [6.07, 6.45) is 3.82. The number of fused-ring (bicyclic) bond motifs is 1. The maximum absolute atomic E-state index is 4.32. The average molecular weight is 257 g/mol. The van der Waals surface area contributed by atoms with Gasteiger partial charge in [0, 0.05) is 29.8 Å². The van der Waals surface area contributed by atoms with Crippen LogP contribution >= 0.6 is 11.3 Å². The van der Waals surface area contributed by atoms with Crippen molar-refractivity contribution in [3.63, 3.8) is 0 Å². The highest BCUT2D eigenvalue weighted by atomic mass is 32.1. The molecule has 1 unspecified atom stereocenters. The van der Waals surface area contributed by atoms with Crippen molar-refractivity contribution in [1.82, 2.24) is 15.3 Å². The van der Waals surface area contributed by atoms with E-state index in [0.717, 1.165) is 11.6 Å². The molecule has 3 nitrogen and oxygen atoms in total. The van der Waals surface area contributed by atoms with Crippen molar-refractivity contribution in [1.29, 1.82) is 0 Å². The molecule has 0 radical (unpaired) electrons. The summed E-state index contributed by atoms with van der Waals surface area (Å²) in [4.78, 5) is 7.53. The fraction of sp³-hybridized carbons (Fsp3) is 0.214. The van der Waals surface area contributed by atoms with Crippen molar-refractivity contribution in [3.05, 3.63) is 52.6 Å². The van der Waals surface area contributed by atoms with Gasteiger partial charge in [-0.1, -0.05) is 6.07 Å². The topological polar surface area (TPSA) is 40.7 Å². The summed E-state index contributed by atoms with van der Waals surface area (Å²) >= 11 is 1.69. The molecule has 92 valence electrons. The Bertz CT molecular complexity index is 627. The molecule has 1 atom stereocenters. The lowest BCUT2D eigenvalue weighted by atomic mass is 10.1. The van der Waals surface area contributed by atoms with Gasteiger partial charge in [-0.15, -0.1) is 11.3 Å². The van der Waals surface area contributed by atoms with E-state index in [1.807, 2.05) is 17.8 Å². The van der Waals surface area contributed by atoms with Crippen molar-refractivity contribution >= 4 is 22.2 Å². The molecule has 2 aromatic heterocycles.